The Morgan fingerprint density at radius 3 is 2.89 bits per heavy atom. The molecule has 2 heterocycles. The minimum absolute atomic E-state index is 0.0113. The van der Waals surface area contributed by atoms with Gasteiger partial charge in [-0.15, -0.1) is 0 Å². The second-order valence-electron chi connectivity index (χ2n) is 7.02. The summed E-state index contributed by atoms with van der Waals surface area (Å²) >= 11 is 3.28. The first-order valence-corrected chi connectivity index (χ1v) is 9.82. The molecule has 0 saturated heterocycles. The summed E-state index contributed by atoms with van der Waals surface area (Å²) in [6.07, 6.45) is 1.46. The van der Waals surface area contributed by atoms with Crippen LogP contribution in [0.25, 0.3) is 0 Å². The molecule has 0 saturated carbocycles. The van der Waals surface area contributed by atoms with Gasteiger partial charge in [0, 0.05) is 40.8 Å². The number of alkyl halides is 2. The number of aryl methyl sites for hydroxylation is 1. The number of benzene rings is 2. The number of nitrogens with one attached hydrogen (secondary N) is 1. The zero-order valence-corrected chi connectivity index (χ0v) is 16.5. The maximum absolute atomic E-state index is 13.4. The van der Waals surface area contributed by atoms with Crippen LogP contribution >= 0.6 is 15.9 Å². The van der Waals surface area contributed by atoms with Crippen molar-refractivity contribution in [3.8, 4) is 0 Å². The van der Waals surface area contributed by atoms with Gasteiger partial charge in [-0.3, -0.25) is 0 Å². The third-order valence-corrected chi connectivity index (χ3v) is 5.80. The summed E-state index contributed by atoms with van der Waals surface area (Å²) in [5.74, 6) is 0. The summed E-state index contributed by atoms with van der Waals surface area (Å²) in [5.41, 5.74) is 3.95. The third-order valence-electron chi connectivity index (χ3n) is 5.12. The molecule has 4 nitrogen and oxygen atoms in total. The van der Waals surface area contributed by atoms with Crippen molar-refractivity contribution in [3.63, 3.8) is 0 Å². The van der Waals surface area contributed by atoms with E-state index in [1.54, 1.807) is 24.4 Å². The van der Waals surface area contributed by atoms with E-state index in [-0.39, 0.29) is 11.6 Å². The fraction of sp³-hybridized carbons (Fsp3) is 0.350. The molecule has 142 valence electrons. The Bertz CT molecular complexity index is 916. The molecule has 0 aromatic heterocycles. The lowest BCUT2D eigenvalue weighted by molar-refractivity contribution is -0.354. The van der Waals surface area contributed by atoms with Crippen molar-refractivity contribution in [3.05, 3.63) is 51.1 Å². The molecule has 0 fully saturated rings. The normalized spacial score (nSPS) is 19.1. The minimum atomic E-state index is -2.55. The highest BCUT2D eigenvalue weighted by Crippen LogP contribution is 2.44. The maximum atomic E-state index is 13.4. The lowest BCUT2D eigenvalue weighted by Crippen LogP contribution is -2.26. The molecule has 7 heteroatoms. The van der Waals surface area contributed by atoms with Crippen LogP contribution in [0.5, 0.6) is 0 Å². The van der Waals surface area contributed by atoms with E-state index in [4.69, 9.17) is 0 Å². The number of halogens is 3. The molecule has 1 N–H and O–H groups in total. The molecular formula is C20H20BrF2N3O. The molecule has 0 bridgehead atoms. The largest absolute Gasteiger partial charge is 0.618 e. The number of fused-ring (bicyclic) bond motifs is 2. The van der Waals surface area contributed by atoms with Gasteiger partial charge in [0.05, 0.1) is 5.69 Å². The van der Waals surface area contributed by atoms with Gasteiger partial charge in [-0.2, -0.15) is 4.74 Å². The molecule has 0 spiro atoms. The molecule has 2 aliphatic rings. The Morgan fingerprint density at radius 1 is 1.30 bits per heavy atom. The van der Waals surface area contributed by atoms with Crippen LogP contribution in [-0.4, -0.2) is 23.5 Å². The van der Waals surface area contributed by atoms with Crippen molar-refractivity contribution >= 4 is 44.9 Å². The molecule has 1 unspecified atom stereocenters. The number of anilines is 3. The number of nitrogens with zero attached hydrogens (tertiary/aromatic N) is 2. The highest BCUT2D eigenvalue weighted by molar-refractivity contribution is 9.10. The van der Waals surface area contributed by atoms with E-state index in [1.165, 1.54) is 0 Å². The number of hydrogen-bond acceptors (Lipinski definition) is 3. The SMILES string of the molecule is CC1CC=[N+]([O-])c2cccc(N3CCCc4cc(Br)c(C(F)F)cc43)c2N1. The zero-order valence-electron chi connectivity index (χ0n) is 14.9. The van der Waals surface area contributed by atoms with E-state index in [9.17, 15) is 14.0 Å². The van der Waals surface area contributed by atoms with Gasteiger partial charge in [0.1, 0.15) is 5.69 Å². The first-order valence-electron chi connectivity index (χ1n) is 9.03. The van der Waals surface area contributed by atoms with E-state index in [1.807, 2.05) is 19.1 Å². The predicted octanol–water partition coefficient (Wildman–Crippen LogP) is 5.89. The average molecular weight is 436 g/mol. The maximum Gasteiger partial charge on any atom is 0.265 e. The summed E-state index contributed by atoms with van der Waals surface area (Å²) in [6, 6.07) is 9.04. The average Bonchev–Trinajstić information content (AvgIpc) is 2.79. The predicted molar refractivity (Wildman–Crippen MR) is 108 cm³/mol. The molecular weight excluding hydrogens is 416 g/mol. The number of rotatable bonds is 2. The van der Waals surface area contributed by atoms with Gasteiger partial charge in [0.2, 0.25) is 5.69 Å². The van der Waals surface area contributed by atoms with Crippen molar-refractivity contribution in [1.82, 2.24) is 0 Å². The molecule has 2 aromatic rings. The highest BCUT2D eigenvalue weighted by atomic mass is 79.9. The van der Waals surface area contributed by atoms with Gasteiger partial charge >= 0.3 is 0 Å². The van der Waals surface area contributed by atoms with Crippen LogP contribution in [-0.2, 0) is 6.42 Å². The van der Waals surface area contributed by atoms with E-state index >= 15 is 0 Å². The van der Waals surface area contributed by atoms with Gasteiger partial charge < -0.3 is 15.4 Å². The van der Waals surface area contributed by atoms with Crippen LogP contribution in [0, 0.1) is 5.21 Å². The van der Waals surface area contributed by atoms with Crippen molar-refractivity contribution in [2.45, 2.75) is 38.7 Å². The number of hydrogen-bond donors (Lipinski definition) is 1. The van der Waals surface area contributed by atoms with Crippen LogP contribution < -0.4 is 10.2 Å². The molecule has 0 amide bonds. The van der Waals surface area contributed by atoms with Crippen LogP contribution in [0.4, 0.5) is 31.5 Å². The Balaban J connectivity index is 1.87. The first kappa shape index (κ1) is 18.2. The standard InChI is InChI=1S/C20H20BrF2N3O/c1-12-7-9-26(27)17-6-2-5-16(19(17)24-12)25-8-3-4-13-10-15(21)14(20(22)23)11-18(13)25/h2,5-6,9-12,20,24H,3-4,7-8H2,1H3. The summed E-state index contributed by atoms with van der Waals surface area (Å²) in [6.45, 7) is 2.73. The van der Waals surface area contributed by atoms with Gasteiger partial charge in [-0.25, -0.2) is 8.78 Å². The topological polar surface area (TPSA) is 41.3 Å². The van der Waals surface area contributed by atoms with E-state index in [0.29, 0.717) is 23.1 Å². The van der Waals surface area contributed by atoms with Gasteiger partial charge in [0.15, 0.2) is 6.21 Å². The molecule has 0 radical (unpaired) electrons. The second-order valence-corrected chi connectivity index (χ2v) is 7.87. The molecule has 1 atom stereocenters. The van der Waals surface area contributed by atoms with Gasteiger partial charge in [-0.1, -0.05) is 22.0 Å². The van der Waals surface area contributed by atoms with Crippen LogP contribution in [0.1, 0.15) is 37.3 Å². The van der Waals surface area contributed by atoms with Crippen molar-refractivity contribution in [1.29, 1.82) is 0 Å². The Labute approximate surface area is 165 Å². The lowest BCUT2D eigenvalue weighted by Gasteiger charge is -2.34. The Kier molecular flexibility index (Phi) is 4.80. The third kappa shape index (κ3) is 3.29. The van der Waals surface area contributed by atoms with Crippen molar-refractivity contribution in [2.75, 3.05) is 16.8 Å². The smallest absolute Gasteiger partial charge is 0.265 e. The second kappa shape index (κ2) is 7.11. The monoisotopic (exact) mass is 435 g/mol. The number of para-hydroxylation sites is 1. The van der Waals surface area contributed by atoms with E-state index in [0.717, 1.165) is 40.2 Å². The Morgan fingerprint density at radius 2 is 2.11 bits per heavy atom. The molecule has 4 rings (SSSR count). The van der Waals surface area contributed by atoms with Crippen LogP contribution in [0.15, 0.2) is 34.8 Å². The summed E-state index contributed by atoms with van der Waals surface area (Å²) in [7, 11) is 0. The van der Waals surface area contributed by atoms with Crippen molar-refractivity contribution in [2.24, 2.45) is 0 Å². The molecule has 2 aliphatic heterocycles. The van der Waals surface area contributed by atoms with Gasteiger partial charge in [-0.05, 0) is 43.5 Å². The zero-order chi connectivity index (χ0) is 19.1. The van der Waals surface area contributed by atoms with Crippen LogP contribution in [0.2, 0.25) is 0 Å². The molecule has 2 aromatic carbocycles. The summed E-state index contributed by atoms with van der Waals surface area (Å²) in [5, 5.41) is 15.8. The Hall–Kier alpha value is -2.15. The van der Waals surface area contributed by atoms with Gasteiger partial charge in [0.25, 0.3) is 6.43 Å². The summed E-state index contributed by atoms with van der Waals surface area (Å²) in [4.78, 5) is 2.05. The van der Waals surface area contributed by atoms with E-state index < -0.39 is 6.43 Å². The fourth-order valence-corrected chi connectivity index (χ4v) is 4.34. The fourth-order valence-electron chi connectivity index (χ4n) is 3.78. The summed E-state index contributed by atoms with van der Waals surface area (Å²) < 4.78 is 28.2. The highest BCUT2D eigenvalue weighted by Gasteiger charge is 2.28. The lowest BCUT2D eigenvalue weighted by atomic mass is 9.98. The molecule has 27 heavy (non-hydrogen) atoms. The van der Waals surface area contributed by atoms with Crippen LogP contribution in [0.3, 0.4) is 0 Å². The minimum Gasteiger partial charge on any atom is -0.618 e. The quantitative estimate of drug-likeness (QED) is 0.472. The van der Waals surface area contributed by atoms with Crippen molar-refractivity contribution < 1.29 is 13.5 Å². The molecule has 0 aliphatic carbocycles. The first-order chi connectivity index (χ1) is 13.0. The van der Waals surface area contributed by atoms with E-state index in [2.05, 4.69) is 26.1 Å².